The Bertz CT molecular complexity index is 330. The Kier molecular flexibility index (Phi) is 4.34. The Morgan fingerprint density at radius 1 is 1.50 bits per heavy atom. The van der Waals surface area contributed by atoms with Crippen LogP contribution >= 0.6 is 11.6 Å². The molecule has 0 spiro atoms. The first kappa shape index (κ1) is 13.5. The van der Waals surface area contributed by atoms with Gasteiger partial charge in [-0.3, -0.25) is 4.90 Å². The average molecular weight is 241 g/mol. The second-order valence-electron chi connectivity index (χ2n) is 5.23. The third-order valence-electron chi connectivity index (χ3n) is 2.83. The van der Waals surface area contributed by atoms with Crippen LogP contribution in [0.5, 0.6) is 0 Å². The van der Waals surface area contributed by atoms with E-state index in [1.807, 2.05) is 6.20 Å². The zero-order chi connectivity index (χ0) is 12.3. The van der Waals surface area contributed by atoms with Crippen molar-refractivity contribution < 1.29 is 0 Å². The number of aliphatic imine (C=N–C) groups is 1. The van der Waals surface area contributed by atoms with E-state index in [9.17, 15) is 0 Å². The number of halogens is 1. The van der Waals surface area contributed by atoms with Crippen molar-refractivity contribution >= 4 is 16.8 Å². The van der Waals surface area contributed by atoms with E-state index in [-0.39, 0.29) is 5.54 Å². The molecule has 0 aliphatic carbocycles. The SMILES string of the molecule is C=C1CN(C(C)(C)C)CC/C1=C/N=C(C)Cl. The largest absolute Gasteiger partial charge is 0.294 e. The van der Waals surface area contributed by atoms with Crippen LogP contribution < -0.4 is 0 Å². The van der Waals surface area contributed by atoms with Crippen LogP contribution in [-0.4, -0.2) is 28.7 Å². The molecule has 1 aliphatic rings. The van der Waals surface area contributed by atoms with Gasteiger partial charge in [0.15, 0.2) is 0 Å². The predicted octanol–water partition coefficient (Wildman–Crippen LogP) is 3.59. The lowest BCUT2D eigenvalue weighted by Gasteiger charge is -2.39. The molecule has 0 radical (unpaired) electrons. The number of piperidine rings is 1. The molecule has 3 heteroatoms. The zero-order valence-corrected chi connectivity index (χ0v) is 11.4. The molecule has 0 aromatic carbocycles. The fraction of sp³-hybridized carbons (Fsp3) is 0.615. The van der Waals surface area contributed by atoms with Gasteiger partial charge in [-0.15, -0.1) is 0 Å². The topological polar surface area (TPSA) is 15.6 Å². The Morgan fingerprint density at radius 3 is 2.56 bits per heavy atom. The summed E-state index contributed by atoms with van der Waals surface area (Å²) in [7, 11) is 0. The molecule has 0 aromatic heterocycles. The normalized spacial score (nSPS) is 22.9. The monoisotopic (exact) mass is 240 g/mol. The summed E-state index contributed by atoms with van der Waals surface area (Å²) >= 11 is 5.71. The van der Waals surface area contributed by atoms with Crippen LogP contribution in [0.4, 0.5) is 0 Å². The average Bonchev–Trinajstić information content (AvgIpc) is 2.14. The van der Waals surface area contributed by atoms with Crippen molar-refractivity contribution in [1.29, 1.82) is 0 Å². The van der Waals surface area contributed by atoms with Gasteiger partial charge in [0.1, 0.15) is 5.17 Å². The van der Waals surface area contributed by atoms with Crippen molar-refractivity contribution in [3.63, 3.8) is 0 Å². The highest BCUT2D eigenvalue weighted by atomic mass is 35.5. The molecule has 0 atom stereocenters. The van der Waals surface area contributed by atoms with E-state index in [1.54, 1.807) is 6.92 Å². The maximum Gasteiger partial charge on any atom is 0.103 e. The second-order valence-corrected chi connectivity index (χ2v) is 5.77. The van der Waals surface area contributed by atoms with Crippen LogP contribution in [0.15, 0.2) is 28.9 Å². The van der Waals surface area contributed by atoms with Crippen LogP contribution in [0, 0.1) is 0 Å². The molecule has 1 fully saturated rings. The van der Waals surface area contributed by atoms with Gasteiger partial charge in [-0.1, -0.05) is 18.2 Å². The molecular weight excluding hydrogens is 220 g/mol. The van der Waals surface area contributed by atoms with E-state index in [2.05, 4.69) is 37.2 Å². The molecule has 0 saturated carbocycles. The van der Waals surface area contributed by atoms with Crippen molar-refractivity contribution in [3.05, 3.63) is 23.9 Å². The number of hydrogen-bond donors (Lipinski definition) is 0. The van der Waals surface area contributed by atoms with Crippen LogP contribution in [-0.2, 0) is 0 Å². The summed E-state index contributed by atoms with van der Waals surface area (Å²) in [5.41, 5.74) is 2.59. The summed E-state index contributed by atoms with van der Waals surface area (Å²) in [5, 5.41) is 0.568. The molecule has 0 aromatic rings. The minimum Gasteiger partial charge on any atom is -0.294 e. The van der Waals surface area contributed by atoms with Crippen molar-refractivity contribution in [2.45, 2.75) is 39.7 Å². The lowest BCUT2D eigenvalue weighted by molar-refractivity contribution is 0.144. The smallest absolute Gasteiger partial charge is 0.103 e. The van der Waals surface area contributed by atoms with Crippen molar-refractivity contribution in [1.82, 2.24) is 4.90 Å². The highest BCUT2D eigenvalue weighted by Gasteiger charge is 2.26. The van der Waals surface area contributed by atoms with Crippen molar-refractivity contribution in [2.75, 3.05) is 13.1 Å². The summed E-state index contributed by atoms with van der Waals surface area (Å²) in [4.78, 5) is 6.56. The summed E-state index contributed by atoms with van der Waals surface area (Å²) in [6.07, 6.45) is 2.86. The van der Waals surface area contributed by atoms with Gasteiger partial charge in [0.2, 0.25) is 0 Å². The minimum absolute atomic E-state index is 0.208. The van der Waals surface area contributed by atoms with E-state index in [1.165, 1.54) is 5.57 Å². The Hall–Kier alpha value is -0.600. The third kappa shape index (κ3) is 3.76. The van der Waals surface area contributed by atoms with Gasteiger partial charge in [-0.05, 0) is 45.3 Å². The molecule has 0 amide bonds. The first-order valence-corrected chi connectivity index (χ1v) is 6.00. The Labute approximate surface area is 104 Å². The maximum atomic E-state index is 5.71. The van der Waals surface area contributed by atoms with Gasteiger partial charge >= 0.3 is 0 Å². The number of hydrogen-bond acceptors (Lipinski definition) is 2. The van der Waals surface area contributed by atoms with E-state index in [0.717, 1.165) is 25.1 Å². The van der Waals surface area contributed by atoms with E-state index < -0.39 is 0 Å². The fourth-order valence-electron chi connectivity index (χ4n) is 1.74. The van der Waals surface area contributed by atoms with E-state index >= 15 is 0 Å². The molecule has 2 nitrogen and oxygen atoms in total. The van der Waals surface area contributed by atoms with E-state index in [4.69, 9.17) is 11.6 Å². The first-order chi connectivity index (χ1) is 7.30. The summed E-state index contributed by atoms with van der Waals surface area (Å²) in [6, 6.07) is 0. The van der Waals surface area contributed by atoms with Crippen LogP contribution in [0.3, 0.4) is 0 Å². The lowest BCUT2D eigenvalue weighted by Crippen LogP contribution is -2.45. The van der Waals surface area contributed by atoms with Crippen molar-refractivity contribution in [3.8, 4) is 0 Å². The summed E-state index contributed by atoms with van der Waals surface area (Å²) in [6.45, 7) is 14.6. The van der Waals surface area contributed by atoms with Gasteiger partial charge in [0.25, 0.3) is 0 Å². The fourth-order valence-corrected chi connectivity index (χ4v) is 1.79. The summed E-state index contributed by atoms with van der Waals surface area (Å²) < 4.78 is 0. The van der Waals surface area contributed by atoms with Crippen LogP contribution in [0.2, 0.25) is 0 Å². The minimum atomic E-state index is 0.208. The molecule has 90 valence electrons. The van der Waals surface area contributed by atoms with Gasteiger partial charge in [0, 0.05) is 24.8 Å². The molecule has 1 saturated heterocycles. The van der Waals surface area contributed by atoms with Crippen LogP contribution in [0.25, 0.3) is 0 Å². The predicted molar refractivity (Wildman–Crippen MR) is 72.1 cm³/mol. The lowest BCUT2D eigenvalue weighted by atomic mass is 9.95. The molecular formula is C13H21ClN2. The highest BCUT2D eigenvalue weighted by molar-refractivity contribution is 6.64. The van der Waals surface area contributed by atoms with Crippen LogP contribution in [0.1, 0.15) is 34.1 Å². The number of likely N-dealkylation sites (tertiary alicyclic amines) is 1. The number of rotatable bonds is 1. The highest BCUT2D eigenvalue weighted by Crippen LogP contribution is 2.26. The first-order valence-electron chi connectivity index (χ1n) is 5.63. The molecule has 0 unspecified atom stereocenters. The number of nitrogens with zero attached hydrogens (tertiary/aromatic N) is 2. The Balaban J connectivity index is 2.70. The van der Waals surface area contributed by atoms with Gasteiger partial charge in [-0.2, -0.15) is 0 Å². The molecule has 16 heavy (non-hydrogen) atoms. The molecule has 0 N–H and O–H groups in total. The van der Waals surface area contributed by atoms with E-state index in [0.29, 0.717) is 5.17 Å². The van der Waals surface area contributed by atoms with Gasteiger partial charge in [-0.25, -0.2) is 4.99 Å². The molecule has 1 rings (SSSR count). The summed E-state index contributed by atoms with van der Waals surface area (Å²) in [5.74, 6) is 0. The van der Waals surface area contributed by atoms with Gasteiger partial charge in [0.05, 0.1) is 0 Å². The third-order valence-corrected chi connectivity index (χ3v) is 2.93. The molecule has 1 heterocycles. The quantitative estimate of drug-likeness (QED) is 0.640. The molecule has 0 bridgehead atoms. The zero-order valence-electron chi connectivity index (χ0n) is 10.7. The van der Waals surface area contributed by atoms with Gasteiger partial charge < -0.3 is 0 Å². The maximum absolute atomic E-state index is 5.71. The molecule has 1 aliphatic heterocycles. The standard InChI is InChI=1S/C13H21ClN2/c1-10-9-16(13(3,4)5)7-6-12(10)8-15-11(2)14/h8H,1,6-7,9H2,2-5H3/b12-8-,15-11?. The second kappa shape index (κ2) is 5.15. The Morgan fingerprint density at radius 2 is 2.12 bits per heavy atom. The van der Waals surface area contributed by atoms with Crippen molar-refractivity contribution in [2.24, 2.45) is 4.99 Å².